The predicted molar refractivity (Wildman–Crippen MR) is 100 cm³/mol. The van der Waals surface area contributed by atoms with Gasteiger partial charge in [-0.05, 0) is 44.1 Å². The predicted octanol–water partition coefficient (Wildman–Crippen LogP) is 3.49. The zero-order chi connectivity index (χ0) is 19.8. The van der Waals surface area contributed by atoms with E-state index in [4.69, 9.17) is 14.2 Å². The maximum Gasteiger partial charge on any atom is 0.329 e. The Kier molecular flexibility index (Phi) is 7.34. The van der Waals surface area contributed by atoms with Crippen LogP contribution >= 0.6 is 0 Å². The molecule has 0 amide bonds. The maximum absolute atomic E-state index is 12.3. The number of rotatable bonds is 9. The number of hydrogen-bond acceptors (Lipinski definition) is 6. The van der Waals surface area contributed by atoms with Crippen molar-refractivity contribution in [1.29, 1.82) is 0 Å². The van der Waals surface area contributed by atoms with Crippen LogP contribution in [0.3, 0.4) is 0 Å². The Labute approximate surface area is 158 Å². The first-order valence-corrected chi connectivity index (χ1v) is 9.01. The lowest BCUT2D eigenvalue weighted by Crippen LogP contribution is -2.34. The van der Waals surface area contributed by atoms with E-state index in [1.54, 1.807) is 18.2 Å². The summed E-state index contributed by atoms with van der Waals surface area (Å²) in [7, 11) is 0. The molecule has 1 aliphatic heterocycles. The number of benzene rings is 1. The number of ether oxygens (including phenoxy) is 3. The minimum absolute atomic E-state index is 0.191. The number of ketones is 2. The van der Waals surface area contributed by atoms with E-state index in [1.807, 2.05) is 13.8 Å². The zero-order valence-electron chi connectivity index (χ0n) is 15.8. The van der Waals surface area contributed by atoms with Crippen LogP contribution in [0.25, 0.3) is 6.08 Å². The number of allylic oxidation sites excluding steroid dienone is 3. The molecule has 0 aliphatic carbocycles. The number of esters is 1. The molecule has 0 fully saturated rings. The van der Waals surface area contributed by atoms with Crippen molar-refractivity contribution in [1.82, 2.24) is 0 Å². The van der Waals surface area contributed by atoms with Crippen LogP contribution in [0.2, 0.25) is 0 Å². The van der Waals surface area contributed by atoms with Crippen molar-refractivity contribution in [2.45, 2.75) is 33.6 Å². The monoisotopic (exact) mass is 372 g/mol. The molecule has 0 spiro atoms. The molecule has 0 aromatic heterocycles. The molecule has 0 N–H and O–H groups in total. The average Bonchev–Trinajstić information content (AvgIpc) is 2.62. The second kappa shape index (κ2) is 9.71. The lowest BCUT2D eigenvalue weighted by atomic mass is 9.96. The van der Waals surface area contributed by atoms with Crippen LogP contribution in [0.1, 0.15) is 39.2 Å². The minimum Gasteiger partial charge on any atom is -0.493 e. The van der Waals surface area contributed by atoms with E-state index in [1.165, 1.54) is 19.1 Å². The summed E-state index contributed by atoms with van der Waals surface area (Å²) in [5.74, 6) is -2.04. The first kappa shape index (κ1) is 20.4. The number of carbonyl (C=O) groups is 3. The van der Waals surface area contributed by atoms with Gasteiger partial charge in [-0.25, -0.2) is 0 Å². The Balaban J connectivity index is 2.20. The summed E-state index contributed by atoms with van der Waals surface area (Å²) in [6.45, 7) is 6.62. The van der Waals surface area contributed by atoms with E-state index in [2.05, 4.69) is 0 Å². The largest absolute Gasteiger partial charge is 0.493 e. The molecule has 0 saturated carbocycles. The van der Waals surface area contributed by atoms with Gasteiger partial charge in [0.05, 0.1) is 13.2 Å². The first-order chi connectivity index (χ1) is 13.0. The van der Waals surface area contributed by atoms with Crippen LogP contribution in [0, 0.1) is 5.92 Å². The Hall–Kier alpha value is -2.89. The minimum atomic E-state index is -1.45. The van der Waals surface area contributed by atoms with Crippen molar-refractivity contribution in [3.63, 3.8) is 0 Å². The standard InChI is InChI=1S/C21H24O6/c1-4-10-25-16-8-6-15(19(13-16)26-11-5-2)7-9-17(22)20-18(23)12-14(3)27-21(20)24/h6-9,12-13,20H,4-5,10-11H2,1-3H3/b9-7+. The summed E-state index contributed by atoms with van der Waals surface area (Å²) in [6, 6.07) is 5.32. The van der Waals surface area contributed by atoms with E-state index < -0.39 is 23.5 Å². The average molecular weight is 372 g/mol. The molecule has 1 heterocycles. The summed E-state index contributed by atoms with van der Waals surface area (Å²) in [6.07, 6.45) is 5.62. The SMILES string of the molecule is CCCOc1ccc(/C=C/C(=O)C2C(=O)C=C(C)OC2=O)c(OCCC)c1. The van der Waals surface area contributed by atoms with Crippen molar-refractivity contribution in [2.75, 3.05) is 13.2 Å². The fraction of sp³-hybridized carbons (Fsp3) is 0.381. The van der Waals surface area contributed by atoms with Crippen LogP contribution in [-0.4, -0.2) is 30.7 Å². The van der Waals surface area contributed by atoms with Gasteiger partial charge in [-0.2, -0.15) is 0 Å². The van der Waals surface area contributed by atoms with Gasteiger partial charge in [0.1, 0.15) is 17.3 Å². The molecular formula is C21H24O6. The third-order valence-corrected chi connectivity index (χ3v) is 3.76. The molecule has 27 heavy (non-hydrogen) atoms. The highest BCUT2D eigenvalue weighted by atomic mass is 16.5. The van der Waals surface area contributed by atoms with Gasteiger partial charge < -0.3 is 14.2 Å². The van der Waals surface area contributed by atoms with Gasteiger partial charge in [-0.3, -0.25) is 14.4 Å². The molecule has 0 bridgehead atoms. The van der Waals surface area contributed by atoms with Gasteiger partial charge in [-0.1, -0.05) is 13.8 Å². The van der Waals surface area contributed by atoms with E-state index in [-0.39, 0.29) is 5.76 Å². The summed E-state index contributed by atoms with van der Waals surface area (Å²) in [4.78, 5) is 36.1. The van der Waals surface area contributed by atoms with Crippen LogP contribution < -0.4 is 9.47 Å². The van der Waals surface area contributed by atoms with Gasteiger partial charge in [0.15, 0.2) is 17.5 Å². The quantitative estimate of drug-likeness (QED) is 0.375. The second-order valence-corrected chi connectivity index (χ2v) is 6.14. The lowest BCUT2D eigenvalue weighted by molar-refractivity contribution is -0.151. The molecule has 0 radical (unpaired) electrons. The summed E-state index contributed by atoms with van der Waals surface area (Å²) >= 11 is 0. The molecule has 1 aromatic carbocycles. The van der Waals surface area contributed by atoms with Crippen molar-refractivity contribution in [3.8, 4) is 11.5 Å². The van der Waals surface area contributed by atoms with Crippen molar-refractivity contribution in [2.24, 2.45) is 5.92 Å². The third kappa shape index (κ3) is 5.54. The van der Waals surface area contributed by atoms with E-state index >= 15 is 0 Å². The van der Waals surface area contributed by atoms with Crippen LogP contribution in [-0.2, 0) is 19.1 Å². The molecule has 1 atom stereocenters. The molecule has 6 nitrogen and oxygen atoms in total. The fourth-order valence-electron chi connectivity index (χ4n) is 2.47. The number of hydrogen-bond donors (Lipinski definition) is 0. The summed E-state index contributed by atoms with van der Waals surface area (Å²) in [5, 5.41) is 0. The van der Waals surface area contributed by atoms with Gasteiger partial charge in [0, 0.05) is 17.7 Å². The van der Waals surface area contributed by atoms with Crippen LogP contribution in [0.4, 0.5) is 0 Å². The topological polar surface area (TPSA) is 78.9 Å². The highest BCUT2D eigenvalue weighted by Gasteiger charge is 2.36. The Morgan fingerprint density at radius 1 is 1.15 bits per heavy atom. The van der Waals surface area contributed by atoms with Gasteiger partial charge in [0.25, 0.3) is 0 Å². The molecule has 6 heteroatoms. The van der Waals surface area contributed by atoms with Crippen molar-refractivity contribution >= 4 is 23.6 Å². The molecule has 0 saturated heterocycles. The molecule has 1 aliphatic rings. The summed E-state index contributed by atoms with van der Waals surface area (Å²) in [5.41, 5.74) is 0.656. The van der Waals surface area contributed by atoms with Gasteiger partial charge in [-0.15, -0.1) is 0 Å². The van der Waals surface area contributed by atoms with Crippen LogP contribution in [0.5, 0.6) is 11.5 Å². The Morgan fingerprint density at radius 2 is 1.85 bits per heavy atom. The molecule has 2 rings (SSSR count). The Bertz CT molecular complexity index is 775. The summed E-state index contributed by atoms with van der Waals surface area (Å²) < 4.78 is 16.2. The fourth-order valence-corrected chi connectivity index (χ4v) is 2.47. The highest BCUT2D eigenvalue weighted by molar-refractivity contribution is 6.25. The van der Waals surface area contributed by atoms with Gasteiger partial charge >= 0.3 is 5.97 Å². The molecule has 1 unspecified atom stereocenters. The molecule has 144 valence electrons. The van der Waals surface area contributed by atoms with Crippen molar-refractivity contribution < 1.29 is 28.6 Å². The van der Waals surface area contributed by atoms with E-state index in [0.717, 1.165) is 18.9 Å². The normalized spacial score (nSPS) is 16.9. The second-order valence-electron chi connectivity index (χ2n) is 6.14. The van der Waals surface area contributed by atoms with Gasteiger partial charge in [0.2, 0.25) is 0 Å². The molecule has 1 aromatic rings. The lowest BCUT2D eigenvalue weighted by Gasteiger charge is -2.16. The smallest absolute Gasteiger partial charge is 0.329 e. The van der Waals surface area contributed by atoms with E-state index in [9.17, 15) is 14.4 Å². The highest BCUT2D eigenvalue weighted by Crippen LogP contribution is 2.27. The van der Waals surface area contributed by atoms with Crippen molar-refractivity contribution in [3.05, 3.63) is 41.7 Å². The molecular weight excluding hydrogens is 348 g/mol. The Morgan fingerprint density at radius 3 is 2.52 bits per heavy atom. The third-order valence-electron chi connectivity index (χ3n) is 3.76. The number of carbonyl (C=O) groups excluding carboxylic acids is 3. The zero-order valence-corrected chi connectivity index (χ0v) is 15.8. The van der Waals surface area contributed by atoms with E-state index in [0.29, 0.717) is 30.3 Å². The number of cyclic esters (lactones) is 1. The maximum atomic E-state index is 12.3. The first-order valence-electron chi connectivity index (χ1n) is 9.01. The van der Waals surface area contributed by atoms with Crippen LogP contribution in [0.15, 0.2) is 36.1 Å².